The zero-order valence-corrected chi connectivity index (χ0v) is 17.6. The average molecular weight is 431 g/mol. The van der Waals surface area contributed by atoms with Gasteiger partial charge in [0.25, 0.3) is 5.91 Å². The van der Waals surface area contributed by atoms with Crippen molar-refractivity contribution in [1.82, 2.24) is 19.6 Å². The van der Waals surface area contributed by atoms with Crippen LogP contribution in [0.4, 0.5) is 5.00 Å². The predicted octanol–water partition coefficient (Wildman–Crippen LogP) is 2.56. The van der Waals surface area contributed by atoms with E-state index in [2.05, 4.69) is 15.5 Å². The smallest absolute Gasteiger partial charge is 0.348 e. The van der Waals surface area contributed by atoms with Crippen molar-refractivity contribution < 1.29 is 23.9 Å². The van der Waals surface area contributed by atoms with Gasteiger partial charge >= 0.3 is 11.9 Å². The summed E-state index contributed by atoms with van der Waals surface area (Å²) in [4.78, 5) is 37.5. The van der Waals surface area contributed by atoms with Gasteiger partial charge in [-0.3, -0.25) is 14.2 Å². The minimum atomic E-state index is -0.611. The molecule has 0 aromatic carbocycles. The van der Waals surface area contributed by atoms with E-state index in [1.165, 1.54) is 7.11 Å². The first-order valence-corrected chi connectivity index (χ1v) is 9.97. The SMILES string of the molecule is CCCOC(=O)c1c(NC(=O)c2ccn(Cn3cccn3)n2)sc(C(=O)OC)c1C. The summed E-state index contributed by atoms with van der Waals surface area (Å²) in [6, 6.07) is 3.34. The number of anilines is 1. The number of ether oxygens (including phenoxy) is 2. The second-order valence-corrected chi connectivity index (χ2v) is 7.29. The average Bonchev–Trinajstić information content (AvgIpc) is 3.47. The van der Waals surface area contributed by atoms with Gasteiger partial charge in [-0.05, 0) is 31.0 Å². The van der Waals surface area contributed by atoms with Crippen LogP contribution in [0.15, 0.2) is 30.7 Å². The van der Waals surface area contributed by atoms with Crippen molar-refractivity contribution in [2.75, 3.05) is 19.0 Å². The molecule has 0 unspecified atom stereocenters. The molecule has 3 rings (SSSR count). The molecule has 3 heterocycles. The van der Waals surface area contributed by atoms with E-state index in [-0.39, 0.29) is 27.7 Å². The van der Waals surface area contributed by atoms with Gasteiger partial charge in [0.2, 0.25) is 0 Å². The number of hydrogen-bond acceptors (Lipinski definition) is 8. The van der Waals surface area contributed by atoms with Crippen molar-refractivity contribution >= 4 is 34.2 Å². The molecule has 1 amide bonds. The van der Waals surface area contributed by atoms with Crippen molar-refractivity contribution in [2.45, 2.75) is 26.9 Å². The van der Waals surface area contributed by atoms with E-state index in [1.807, 2.05) is 6.92 Å². The third-order valence-corrected chi connectivity index (χ3v) is 5.30. The minimum Gasteiger partial charge on any atom is -0.465 e. The zero-order chi connectivity index (χ0) is 21.7. The Hall–Kier alpha value is -3.47. The summed E-state index contributed by atoms with van der Waals surface area (Å²) >= 11 is 0.958. The molecular formula is C19H21N5O5S. The minimum absolute atomic E-state index is 0.137. The van der Waals surface area contributed by atoms with Gasteiger partial charge in [-0.2, -0.15) is 10.2 Å². The molecule has 0 aliphatic heterocycles. The fourth-order valence-electron chi connectivity index (χ4n) is 2.66. The molecule has 3 aromatic heterocycles. The topological polar surface area (TPSA) is 117 Å². The molecule has 10 nitrogen and oxygen atoms in total. The zero-order valence-electron chi connectivity index (χ0n) is 16.7. The number of thiophene rings is 1. The Morgan fingerprint density at radius 1 is 1.20 bits per heavy atom. The molecule has 0 saturated carbocycles. The van der Waals surface area contributed by atoms with E-state index in [0.717, 1.165) is 11.3 Å². The number of methoxy groups -OCH3 is 1. The van der Waals surface area contributed by atoms with Gasteiger partial charge in [0.05, 0.1) is 19.3 Å². The summed E-state index contributed by atoms with van der Waals surface area (Å²) in [6.45, 7) is 4.06. The van der Waals surface area contributed by atoms with E-state index < -0.39 is 17.8 Å². The van der Waals surface area contributed by atoms with Crippen LogP contribution in [0.1, 0.15) is 49.4 Å². The van der Waals surface area contributed by atoms with Crippen molar-refractivity contribution in [2.24, 2.45) is 0 Å². The van der Waals surface area contributed by atoms with Gasteiger partial charge in [-0.25, -0.2) is 9.59 Å². The molecule has 0 aliphatic rings. The number of rotatable bonds is 8. The largest absolute Gasteiger partial charge is 0.465 e. The first kappa shape index (κ1) is 21.2. The number of carbonyl (C=O) groups excluding carboxylic acids is 3. The Morgan fingerprint density at radius 2 is 2.00 bits per heavy atom. The number of esters is 2. The summed E-state index contributed by atoms with van der Waals surface area (Å²) in [5.41, 5.74) is 0.686. The second kappa shape index (κ2) is 9.35. The van der Waals surface area contributed by atoms with Crippen LogP contribution in [0.25, 0.3) is 0 Å². The number of aromatic nitrogens is 4. The third kappa shape index (κ3) is 4.57. The third-order valence-electron chi connectivity index (χ3n) is 4.11. The fraction of sp³-hybridized carbons (Fsp3) is 0.316. The molecule has 0 bridgehead atoms. The van der Waals surface area contributed by atoms with Crippen LogP contribution in [0, 0.1) is 6.92 Å². The normalized spacial score (nSPS) is 10.6. The second-order valence-electron chi connectivity index (χ2n) is 6.27. The quantitative estimate of drug-likeness (QED) is 0.545. The summed E-state index contributed by atoms with van der Waals surface area (Å²) in [5.74, 6) is -1.72. The van der Waals surface area contributed by atoms with E-state index in [9.17, 15) is 14.4 Å². The van der Waals surface area contributed by atoms with Crippen molar-refractivity contribution in [3.8, 4) is 0 Å². The van der Waals surface area contributed by atoms with Gasteiger partial charge in [-0.1, -0.05) is 6.92 Å². The molecule has 0 saturated heterocycles. The van der Waals surface area contributed by atoms with Crippen LogP contribution >= 0.6 is 11.3 Å². The standard InChI is InChI=1S/C19H21N5O5S/c1-4-10-29-18(26)14-12(2)15(19(27)28-3)30-17(14)21-16(25)13-6-9-24(22-13)11-23-8-5-7-20-23/h5-9H,4,10-11H2,1-3H3,(H,21,25). The molecular weight excluding hydrogens is 410 g/mol. The Labute approximate surface area is 176 Å². The van der Waals surface area contributed by atoms with E-state index in [0.29, 0.717) is 18.7 Å². The highest BCUT2D eigenvalue weighted by atomic mass is 32.1. The van der Waals surface area contributed by atoms with Gasteiger partial charge in [0, 0.05) is 18.6 Å². The first-order valence-electron chi connectivity index (χ1n) is 9.15. The Kier molecular flexibility index (Phi) is 6.62. The summed E-state index contributed by atoms with van der Waals surface area (Å²) < 4.78 is 13.2. The Balaban J connectivity index is 1.84. The fourth-order valence-corrected chi connectivity index (χ4v) is 3.77. The molecule has 158 valence electrons. The van der Waals surface area contributed by atoms with Gasteiger partial charge in [0.15, 0.2) is 5.69 Å². The molecule has 11 heteroatoms. The number of nitrogens with zero attached hydrogens (tertiary/aromatic N) is 4. The summed E-state index contributed by atoms with van der Waals surface area (Å²) in [6.07, 6.45) is 5.72. The monoisotopic (exact) mass is 431 g/mol. The van der Waals surface area contributed by atoms with Crippen LogP contribution in [0.2, 0.25) is 0 Å². The molecule has 0 atom stereocenters. The predicted molar refractivity (Wildman–Crippen MR) is 109 cm³/mol. The number of hydrogen-bond donors (Lipinski definition) is 1. The Morgan fingerprint density at radius 3 is 2.67 bits per heavy atom. The maximum Gasteiger partial charge on any atom is 0.348 e. The van der Waals surface area contributed by atoms with Crippen molar-refractivity contribution in [1.29, 1.82) is 0 Å². The number of carbonyl (C=O) groups is 3. The molecule has 0 fully saturated rings. The first-order chi connectivity index (χ1) is 14.4. The maximum atomic E-state index is 12.7. The maximum absolute atomic E-state index is 12.7. The molecule has 0 radical (unpaired) electrons. The lowest BCUT2D eigenvalue weighted by Crippen LogP contribution is -2.16. The van der Waals surface area contributed by atoms with Crippen LogP contribution in [0.3, 0.4) is 0 Å². The number of amides is 1. The van der Waals surface area contributed by atoms with Gasteiger partial charge in [-0.15, -0.1) is 11.3 Å². The summed E-state index contributed by atoms with van der Waals surface area (Å²) in [5, 5.41) is 11.2. The Bertz CT molecular complexity index is 1050. The number of nitrogens with one attached hydrogen (secondary N) is 1. The lowest BCUT2D eigenvalue weighted by Gasteiger charge is -2.07. The van der Waals surface area contributed by atoms with E-state index in [4.69, 9.17) is 9.47 Å². The highest BCUT2D eigenvalue weighted by Gasteiger charge is 2.27. The van der Waals surface area contributed by atoms with Gasteiger partial charge in [0.1, 0.15) is 16.5 Å². The highest BCUT2D eigenvalue weighted by molar-refractivity contribution is 7.18. The van der Waals surface area contributed by atoms with E-state index >= 15 is 0 Å². The molecule has 0 spiro atoms. The lowest BCUT2D eigenvalue weighted by molar-refractivity contribution is 0.0506. The van der Waals surface area contributed by atoms with Crippen molar-refractivity contribution in [3.63, 3.8) is 0 Å². The molecule has 3 aromatic rings. The van der Waals surface area contributed by atoms with E-state index in [1.54, 1.807) is 47.0 Å². The van der Waals surface area contributed by atoms with Crippen LogP contribution in [-0.2, 0) is 16.1 Å². The summed E-state index contributed by atoms with van der Waals surface area (Å²) in [7, 11) is 1.25. The van der Waals surface area contributed by atoms with Gasteiger partial charge < -0.3 is 14.8 Å². The lowest BCUT2D eigenvalue weighted by atomic mass is 10.1. The molecule has 1 N–H and O–H groups in total. The molecule has 0 aliphatic carbocycles. The van der Waals surface area contributed by atoms with Crippen LogP contribution in [0.5, 0.6) is 0 Å². The highest BCUT2D eigenvalue weighted by Crippen LogP contribution is 2.34. The van der Waals surface area contributed by atoms with Crippen LogP contribution in [-0.4, -0.2) is 51.1 Å². The van der Waals surface area contributed by atoms with Crippen molar-refractivity contribution in [3.05, 3.63) is 52.4 Å². The molecule has 30 heavy (non-hydrogen) atoms. The van der Waals surface area contributed by atoms with Crippen LogP contribution < -0.4 is 5.32 Å².